The molecule has 0 aliphatic carbocycles. The lowest BCUT2D eigenvalue weighted by atomic mass is 9.96. The molecule has 0 bridgehead atoms. The number of carboxylic acid groups (broad SMARTS) is 1. The Balaban J connectivity index is 2.45. The van der Waals surface area contributed by atoms with Crippen LogP contribution in [0.15, 0.2) is 16.9 Å². The van der Waals surface area contributed by atoms with Gasteiger partial charge in [-0.25, -0.2) is 8.78 Å². The molecular formula is C15H14F2N2O4. The van der Waals surface area contributed by atoms with E-state index in [-0.39, 0.29) is 30.0 Å². The summed E-state index contributed by atoms with van der Waals surface area (Å²) in [5, 5.41) is 12.2. The van der Waals surface area contributed by atoms with Crippen molar-refractivity contribution in [2.75, 3.05) is 13.7 Å². The van der Waals surface area contributed by atoms with Crippen molar-refractivity contribution < 1.29 is 23.4 Å². The zero-order chi connectivity index (χ0) is 16.7. The van der Waals surface area contributed by atoms with Crippen molar-refractivity contribution in [1.82, 2.24) is 9.88 Å². The van der Waals surface area contributed by atoms with Crippen molar-refractivity contribution >= 4 is 16.7 Å². The topological polar surface area (TPSA) is 80.6 Å². The molecule has 1 unspecified atom stereocenters. The predicted molar refractivity (Wildman–Crippen MR) is 77.2 cm³/mol. The number of halogens is 2. The van der Waals surface area contributed by atoms with Crippen LogP contribution in [0.1, 0.15) is 17.3 Å². The Labute approximate surface area is 129 Å². The normalized spacial score (nSPS) is 17.3. The zero-order valence-electron chi connectivity index (χ0n) is 12.2. The Kier molecular flexibility index (Phi) is 3.87. The first kappa shape index (κ1) is 15.6. The summed E-state index contributed by atoms with van der Waals surface area (Å²) < 4.78 is 33.7. The van der Waals surface area contributed by atoms with E-state index in [0.717, 1.165) is 16.7 Å². The quantitative estimate of drug-likeness (QED) is 0.885. The van der Waals surface area contributed by atoms with Crippen LogP contribution in [0, 0.1) is 11.6 Å². The van der Waals surface area contributed by atoms with Crippen molar-refractivity contribution in [3.05, 3.63) is 45.4 Å². The highest BCUT2D eigenvalue weighted by molar-refractivity contribution is 5.87. The summed E-state index contributed by atoms with van der Waals surface area (Å²) >= 11 is 0. The van der Waals surface area contributed by atoms with Crippen molar-refractivity contribution in [2.24, 2.45) is 0 Å². The minimum absolute atomic E-state index is 0.0327. The number of aliphatic carboxylic acids is 1. The maximum absolute atomic E-state index is 13.7. The highest BCUT2D eigenvalue weighted by Gasteiger charge is 2.28. The van der Waals surface area contributed by atoms with Crippen LogP contribution < -0.4 is 10.9 Å². The van der Waals surface area contributed by atoms with E-state index in [4.69, 9.17) is 9.84 Å². The first-order valence-electron chi connectivity index (χ1n) is 6.95. The number of fused-ring (bicyclic) bond motifs is 3. The van der Waals surface area contributed by atoms with Crippen LogP contribution in [0.25, 0.3) is 10.8 Å². The summed E-state index contributed by atoms with van der Waals surface area (Å²) in [5.74, 6) is -3.41. The summed E-state index contributed by atoms with van der Waals surface area (Å²) in [4.78, 5) is 23.6. The Morgan fingerprint density at radius 2 is 2.04 bits per heavy atom. The molecule has 2 aromatic rings. The molecule has 0 saturated heterocycles. The second-order valence-corrected chi connectivity index (χ2v) is 5.31. The van der Waals surface area contributed by atoms with Gasteiger partial charge in [-0.05, 0) is 24.6 Å². The van der Waals surface area contributed by atoms with Crippen LogP contribution in [0.3, 0.4) is 0 Å². The number of ether oxygens (including phenoxy) is 1. The van der Waals surface area contributed by atoms with Gasteiger partial charge in [-0.1, -0.05) is 0 Å². The van der Waals surface area contributed by atoms with Crippen molar-refractivity contribution in [3.63, 3.8) is 0 Å². The molecule has 1 aliphatic rings. The molecule has 1 atom stereocenters. The standard InChI is InChI=1S/C15H14F2N2O4/c1-18-11-5-23-6-12-14(11)7-2-9(16)10(17)3-8(7)15(22)19(12)4-13(20)21/h2-3,11,18H,4-6H2,1H3,(H,20,21). The number of nitrogens with zero attached hydrogens (tertiary/aromatic N) is 1. The molecule has 1 aliphatic heterocycles. The SMILES string of the molecule is CNC1COCc2c1c1cc(F)c(F)cc1c(=O)n2CC(=O)O. The lowest BCUT2D eigenvalue weighted by Crippen LogP contribution is -2.35. The number of nitrogens with one attached hydrogen (secondary N) is 1. The van der Waals surface area contributed by atoms with Crippen LogP contribution in [0.2, 0.25) is 0 Å². The van der Waals surface area contributed by atoms with E-state index >= 15 is 0 Å². The fourth-order valence-electron chi connectivity index (χ4n) is 2.95. The molecule has 6 nitrogen and oxygen atoms in total. The number of likely N-dealkylation sites (N-methyl/N-ethyl adjacent to an activating group) is 1. The second kappa shape index (κ2) is 5.71. The van der Waals surface area contributed by atoms with Crippen LogP contribution in [0.4, 0.5) is 8.78 Å². The number of aromatic nitrogens is 1. The Morgan fingerprint density at radius 3 is 2.65 bits per heavy atom. The molecular weight excluding hydrogens is 310 g/mol. The third-order valence-corrected chi connectivity index (χ3v) is 3.98. The van der Waals surface area contributed by atoms with Crippen molar-refractivity contribution in [2.45, 2.75) is 19.2 Å². The van der Waals surface area contributed by atoms with Crippen molar-refractivity contribution in [1.29, 1.82) is 0 Å². The van der Waals surface area contributed by atoms with Gasteiger partial charge in [0.2, 0.25) is 0 Å². The fourth-order valence-corrected chi connectivity index (χ4v) is 2.95. The molecule has 23 heavy (non-hydrogen) atoms. The highest BCUT2D eigenvalue weighted by Crippen LogP contribution is 2.31. The molecule has 2 heterocycles. The van der Waals surface area contributed by atoms with Gasteiger partial charge < -0.3 is 15.2 Å². The van der Waals surface area contributed by atoms with Gasteiger partial charge >= 0.3 is 5.97 Å². The highest BCUT2D eigenvalue weighted by atomic mass is 19.2. The molecule has 0 radical (unpaired) electrons. The maximum atomic E-state index is 13.7. The fraction of sp³-hybridized carbons (Fsp3) is 0.333. The third-order valence-electron chi connectivity index (χ3n) is 3.98. The van der Waals surface area contributed by atoms with E-state index in [1.165, 1.54) is 0 Å². The van der Waals surface area contributed by atoms with Crippen LogP contribution >= 0.6 is 0 Å². The Hall–Kier alpha value is -2.32. The Bertz CT molecular complexity index is 863. The molecule has 3 rings (SSSR count). The van der Waals surface area contributed by atoms with Gasteiger partial charge in [0.05, 0.1) is 30.3 Å². The van der Waals surface area contributed by atoms with Gasteiger partial charge in [-0.3, -0.25) is 14.2 Å². The number of hydrogen-bond donors (Lipinski definition) is 2. The third kappa shape index (κ3) is 2.49. The molecule has 2 N–H and O–H groups in total. The maximum Gasteiger partial charge on any atom is 0.323 e. The van der Waals surface area contributed by atoms with Crippen LogP contribution in [0.5, 0.6) is 0 Å². The van der Waals surface area contributed by atoms with E-state index in [0.29, 0.717) is 11.3 Å². The molecule has 0 saturated carbocycles. The smallest absolute Gasteiger partial charge is 0.323 e. The average Bonchev–Trinajstić information content (AvgIpc) is 2.52. The van der Waals surface area contributed by atoms with E-state index in [9.17, 15) is 18.4 Å². The first-order valence-corrected chi connectivity index (χ1v) is 6.95. The molecule has 8 heteroatoms. The summed E-state index contributed by atoms with van der Waals surface area (Å²) in [6.07, 6.45) is 0. The van der Waals surface area contributed by atoms with Gasteiger partial charge in [0, 0.05) is 5.56 Å². The minimum atomic E-state index is -1.21. The average molecular weight is 324 g/mol. The summed E-state index contributed by atoms with van der Waals surface area (Å²) in [6, 6.07) is 1.44. The van der Waals surface area contributed by atoms with Gasteiger partial charge in [0.25, 0.3) is 5.56 Å². The minimum Gasteiger partial charge on any atom is -0.480 e. The summed E-state index contributed by atoms with van der Waals surface area (Å²) in [7, 11) is 1.67. The largest absolute Gasteiger partial charge is 0.480 e. The first-order chi connectivity index (χ1) is 10.9. The number of hydrogen-bond acceptors (Lipinski definition) is 4. The lowest BCUT2D eigenvalue weighted by molar-refractivity contribution is -0.137. The number of carbonyl (C=O) groups is 1. The van der Waals surface area contributed by atoms with E-state index in [1.807, 2.05) is 0 Å². The van der Waals surface area contributed by atoms with Gasteiger partial charge in [0.15, 0.2) is 11.6 Å². The Morgan fingerprint density at radius 1 is 1.39 bits per heavy atom. The molecule has 122 valence electrons. The van der Waals surface area contributed by atoms with E-state index in [2.05, 4.69) is 5.32 Å². The summed E-state index contributed by atoms with van der Waals surface area (Å²) in [6.45, 7) is -0.260. The van der Waals surface area contributed by atoms with E-state index < -0.39 is 29.7 Å². The van der Waals surface area contributed by atoms with Gasteiger partial charge in [-0.15, -0.1) is 0 Å². The number of carboxylic acids is 1. The van der Waals surface area contributed by atoms with Crippen molar-refractivity contribution in [3.8, 4) is 0 Å². The monoisotopic (exact) mass is 324 g/mol. The van der Waals surface area contributed by atoms with Gasteiger partial charge in [0.1, 0.15) is 6.54 Å². The van der Waals surface area contributed by atoms with Gasteiger partial charge in [-0.2, -0.15) is 0 Å². The van der Waals surface area contributed by atoms with E-state index in [1.54, 1.807) is 7.05 Å². The molecule has 1 aromatic heterocycles. The molecule has 0 amide bonds. The lowest BCUT2D eigenvalue weighted by Gasteiger charge is -2.29. The predicted octanol–water partition coefficient (Wildman–Crippen LogP) is 1.15. The summed E-state index contributed by atoms with van der Waals surface area (Å²) in [5.41, 5.74) is 0.246. The second-order valence-electron chi connectivity index (χ2n) is 5.31. The van der Waals surface area contributed by atoms with Crippen LogP contribution in [-0.4, -0.2) is 29.3 Å². The van der Waals surface area contributed by atoms with Crippen LogP contribution in [-0.2, 0) is 22.7 Å². The molecule has 1 aromatic carbocycles. The molecule has 0 fully saturated rings. The molecule has 0 spiro atoms. The number of benzene rings is 1. The zero-order valence-corrected chi connectivity index (χ0v) is 12.2. The number of pyridine rings is 1. The number of rotatable bonds is 3.